The van der Waals surface area contributed by atoms with Crippen molar-refractivity contribution in [1.29, 1.82) is 0 Å². The number of rotatable bonds is 4. The van der Waals surface area contributed by atoms with Gasteiger partial charge in [-0.05, 0) is 48.6 Å². The summed E-state index contributed by atoms with van der Waals surface area (Å²) in [6.45, 7) is 1.74. The summed E-state index contributed by atoms with van der Waals surface area (Å²) in [4.78, 5) is 25.5. The van der Waals surface area contributed by atoms with Gasteiger partial charge in [-0.15, -0.1) is 0 Å². The fourth-order valence-electron chi connectivity index (χ4n) is 5.10. The largest absolute Gasteiger partial charge is 0.508 e. The Hall–Kier alpha value is -3.28. The summed E-state index contributed by atoms with van der Waals surface area (Å²) in [5.41, 5.74) is 2.39. The van der Waals surface area contributed by atoms with Crippen LogP contribution in [-0.2, 0) is 9.59 Å². The molecule has 0 bridgehead atoms. The highest BCUT2D eigenvalue weighted by molar-refractivity contribution is 5.94. The summed E-state index contributed by atoms with van der Waals surface area (Å²) in [5.74, 6) is -1.33. The first-order chi connectivity index (χ1) is 14.4. The van der Waals surface area contributed by atoms with Crippen molar-refractivity contribution in [3.05, 3.63) is 70.9 Å². The molecular formula is C24H25NO5. The molecule has 30 heavy (non-hydrogen) atoms. The number of para-hydroxylation sites is 1. The molecule has 4 atom stereocenters. The van der Waals surface area contributed by atoms with Gasteiger partial charge in [-0.25, -0.2) is 4.79 Å². The van der Waals surface area contributed by atoms with E-state index in [0.29, 0.717) is 24.1 Å². The minimum Gasteiger partial charge on any atom is -0.508 e. The summed E-state index contributed by atoms with van der Waals surface area (Å²) < 4.78 is 5.50. The zero-order valence-electron chi connectivity index (χ0n) is 17.0. The van der Waals surface area contributed by atoms with E-state index in [1.165, 1.54) is 0 Å². The number of phenolic OH excluding ortho intramolecular Hbond substituents is 1. The molecule has 0 radical (unpaired) electrons. The van der Waals surface area contributed by atoms with E-state index in [-0.39, 0.29) is 29.1 Å². The molecule has 2 unspecified atom stereocenters. The Morgan fingerprint density at radius 3 is 2.63 bits per heavy atom. The van der Waals surface area contributed by atoms with Crippen molar-refractivity contribution in [2.45, 2.75) is 37.6 Å². The Morgan fingerprint density at radius 2 is 1.93 bits per heavy atom. The van der Waals surface area contributed by atoms with Gasteiger partial charge in [0, 0.05) is 30.0 Å². The van der Waals surface area contributed by atoms with Crippen LogP contribution in [-0.4, -0.2) is 35.1 Å². The number of methoxy groups -OCH3 is 1. The maximum atomic E-state index is 13.4. The summed E-state index contributed by atoms with van der Waals surface area (Å²) >= 11 is 0. The maximum Gasteiger partial charge on any atom is 0.333 e. The maximum absolute atomic E-state index is 13.4. The first-order valence-corrected chi connectivity index (χ1v) is 10.1. The molecule has 1 saturated carbocycles. The molecule has 3 N–H and O–H groups in total. The summed E-state index contributed by atoms with van der Waals surface area (Å²) in [6.07, 6.45) is 1.01. The average molecular weight is 407 g/mol. The molecule has 0 spiro atoms. The smallest absolute Gasteiger partial charge is 0.333 e. The van der Waals surface area contributed by atoms with Crippen molar-refractivity contribution in [3.63, 3.8) is 0 Å². The first-order valence-electron chi connectivity index (χ1n) is 10.1. The molecule has 1 fully saturated rings. The zero-order valence-corrected chi connectivity index (χ0v) is 17.0. The highest BCUT2D eigenvalue weighted by atomic mass is 16.5. The van der Waals surface area contributed by atoms with Crippen molar-refractivity contribution in [3.8, 4) is 11.5 Å². The first kappa shape index (κ1) is 20.0. The number of hydrogen-bond acceptors (Lipinski definition) is 5. The zero-order chi connectivity index (χ0) is 21.4. The molecule has 0 saturated heterocycles. The number of carboxylic acids is 1. The lowest BCUT2D eigenvalue weighted by Gasteiger charge is -2.44. The van der Waals surface area contributed by atoms with Crippen molar-refractivity contribution in [1.82, 2.24) is 5.32 Å². The van der Waals surface area contributed by atoms with E-state index in [4.69, 9.17) is 4.74 Å². The number of carbonyl (C=O) groups is 2. The van der Waals surface area contributed by atoms with Gasteiger partial charge >= 0.3 is 5.97 Å². The summed E-state index contributed by atoms with van der Waals surface area (Å²) in [7, 11) is 1.62. The van der Waals surface area contributed by atoms with Gasteiger partial charge in [0.05, 0.1) is 12.7 Å². The van der Waals surface area contributed by atoms with Gasteiger partial charge in [-0.1, -0.05) is 30.3 Å². The van der Waals surface area contributed by atoms with Gasteiger partial charge in [-0.3, -0.25) is 4.79 Å². The average Bonchev–Trinajstić information content (AvgIpc) is 2.72. The van der Waals surface area contributed by atoms with E-state index >= 15 is 0 Å². The van der Waals surface area contributed by atoms with Crippen molar-refractivity contribution in [2.75, 3.05) is 7.11 Å². The number of hydrogen-bond donors (Lipinski definition) is 3. The fourth-order valence-corrected chi connectivity index (χ4v) is 5.10. The predicted octanol–water partition coefficient (Wildman–Crippen LogP) is 3.58. The number of ketones is 1. The number of aromatic hydroxyl groups is 1. The number of nitrogens with one attached hydrogen (secondary N) is 1. The van der Waals surface area contributed by atoms with E-state index in [1.54, 1.807) is 38.3 Å². The lowest BCUT2D eigenvalue weighted by Crippen LogP contribution is -2.51. The highest BCUT2D eigenvalue weighted by Crippen LogP contribution is 2.47. The molecule has 1 aliphatic heterocycles. The summed E-state index contributed by atoms with van der Waals surface area (Å²) in [5, 5.41) is 23.2. The molecule has 0 aromatic heterocycles. The second-order valence-electron chi connectivity index (χ2n) is 8.04. The number of allylic oxidation sites excluding steroid dienone is 1. The molecule has 6 nitrogen and oxygen atoms in total. The third kappa shape index (κ3) is 3.43. The van der Waals surface area contributed by atoms with E-state index in [2.05, 4.69) is 5.32 Å². The number of carboxylic acid groups (broad SMARTS) is 1. The molecular weight excluding hydrogens is 382 g/mol. The van der Waals surface area contributed by atoms with Gasteiger partial charge in [0.25, 0.3) is 0 Å². The lowest BCUT2D eigenvalue weighted by atomic mass is 9.64. The van der Waals surface area contributed by atoms with Gasteiger partial charge < -0.3 is 20.3 Å². The Bertz CT molecular complexity index is 1030. The van der Waals surface area contributed by atoms with Crippen molar-refractivity contribution >= 4 is 11.8 Å². The second kappa shape index (κ2) is 7.86. The minimum absolute atomic E-state index is 0.00796. The number of fused-ring (bicyclic) bond motifs is 1. The van der Waals surface area contributed by atoms with Gasteiger partial charge in [0.2, 0.25) is 0 Å². The van der Waals surface area contributed by atoms with Gasteiger partial charge in [0.15, 0.2) is 0 Å². The third-order valence-electron chi connectivity index (χ3n) is 6.31. The number of aliphatic carboxylic acids is 1. The SMILES string of the molecule is COc1ccccc1[C@H]1CC(=O)C2C(C1)NC(C)=C(C(=O)O)[C@H]2c1cccc(O)c1. The normalized spacial score (nSPS) is 26.0. The number of benzene rings is 2. The van der Waals surface area contributed by atoms with Gasteiger partial charge in [0.1, 0.15) is 17.3 Å². The lowest BCUT2D eigenvalue weighted by molar-refractivity contribution is -0.134. The van der Waals surface area contributed by atoms with Crippen LogP contribution in [0.1, 0.15) is 42.7 Å². The van der Waals surface area contributed by atoms with Crippen LogP contribution in [0.2, 0.25) is 0 Å². The van der Waals surface area contributed by atoms with E-state index < -0.39 is 17.8 Å². The molecule has 0 amide bonds. The topological polar surface area (TPSA) is 95.9 Å². The van der Waals surface area contributed by atoms with E-state index in [1.807, 2.05) is 24.3 Å². The number of Topliss-reactive ketones (excluding diaryl/α,β-unsaturated/α-hetero) is 1. The van der Waals surface area contributed by atoms with Gasteiger partial charge in [-0.2, -0.15) is 0 Å². The van der Waals surface area contributed by atoms with Crippen LogP contribution >= 0.6 is 0 Å². The Labute approximate surface area is 175 Å². The predicted molar refractivity (Wildman–Crippen MR) is 112 cm³/mol. The standard InChI is InChI=1S/C24H25NO5/c1-13-21(24(28)29)22(14-6-5-7-16(26)10-14)23-18(25-13)11-15(12-19(23)27)17-8-3-4-9-20(17)30-2/h3-10,15,18,22-23,25-26H,11-12H2,1-2H3,(H,28,29)/t15-,18?,22-,23?/m1/s1. The number of phenols is 1. The molecule has 2 aliphatic rings. The van der Waals surface area contributed by atoms with Crippen LogP contribution < -0.4 is 10.1 Å². The van der Waals surface area contributed by atoms with Crippen molar-refractivity contribution < 1.29 is 24.5 Å². The fraction of sp³-hybridized carbons (Fsp3) is 0.333. The quantitative estimate of drug-likeness (QED) is 0.717. The minimum atomic E-state index is -1.05. The van der Waals surface area contributed by atoms with Crippen LogP contribution in [0.4, 0.5) is 0 Å². The molecule has 2 aromatic rings. The molecule has 2 aromatic carbocycles. The Morgan fingerprint density at radius 1 is 1.17 bits per heavy atom. The second-order valence-corrected chi connectivity index (χ2v) is 8.04. The van der Waals surface area contributed by atoms with E-state index in [0.717, 1.165) is 11.3 Å². The molecule has 1 heterocycles. The van der Waals surface area contributed by atoms with E-state index in [9.17, 15) is 19.8 Å². The summed E-state index contributed by atoms with van der Waals surface area (Å²) in [6, 6.07) is 14.1. The van der Waals surface area contributed by atoms with Crippen LogP contribution in [0.15, 0.2) is 59.8 Å². The Kier molecular flexibility index (Phi) is 5.24. The number of ether oxygens (including phenoxy) is 1. The molecule has 6 heteroatoms. The number of carbonyl (C=O) groups excluding carboxylic acids is 1. The molecule has 4 rings (SSSR count). The van der Waals surface area contributed by atoms with Crippen LogP contribution in [0.3, 0.4) is 0 Å². The molecule has 156 valence electrons. The monoisotopic (exact) mass is 407 g/mol. The third-order valence-corrected chi connectivity index (χ3v) is 6.31. The van der Waals surface area contributed by atoms with Crippen LogP contribution in [0, 0.1) is 5.92 Å². The highest BCUT2D eigenvalue weighted by Gasteiger charge is 2.48. The molecule has 1 aliphatic carbocycles. The van der Waals surface area contributed by atoms with Crippen LogP contribution in [0.25, 0.3) is 0 Å². The van der Waals surface area contributed by atoms with Crippen LogP contribution in [0.5, 0.6) is 11.5 Å². The van der Waals surface area contributed by atoms with Crippen molar-refractivity contribution in [2.24, 2.45) is 5.92 Å². The Balaban J connectivity index is 1.76.